The summed E-state index contributed by atoms with van der Waals surface area (Å²) < 4.78 is 48.9. The second-order valence-electron chi connectivity index (χ2n) is 8.59. The third-order valence-corrected chi connectivity index (χ3v) is 4.91. The van der Waals surface area contributed by atoms with Gasteiger partial charge in [-0.15, -0.1) is 0 Å². The van der Waals surface area contributed by atoms with Crippen LogP contribution in [-0.2, 0) is 11.3 Å². The fourth-order valence-corrected chi connectivity index (χ4v) is 3.53. The normalized spacial score (nSPS) is 20.1. The second-order valence-corrected chi connectivity index (χ2v) is 8.59. The highest BCUT2D eigenvalue weighted by Crippen LogP contribution is 2.38. The van der Waals surface area contributed by atoms with Gasteiger partial charge in [-0.2, -0.15) is 18.3 Å². The molecular formula is C21H27F3N4O2. The van der Waals surface area contributed by atoms with E-state index in [9.17, 15) is 18.0 Å². The van der Waals surface area contributed by atoms with Gasteiger partial charge in [0.1, 0.15) is 5.60 Å². The maximum atomic E-state index is 14.0. The Labute approximate surface area is 174 Å². The number of carbonyl (C=O) groups excluding carboxylic acids is 1. The number of halogens is 3. The summed E-state index contributed by atoms with van der Waals surface area (Å²) in [5.74, 6) is 0.449. The molecule has 1 aliphatic heterocycles. The first kappa shape index (κ1) is 22.0. The van der Waals surface area contributed by atoms with Gasteiger partial charge in [0.25, 0.3) is 0 Å². The number of ether oxygens (including phenoxy) is 1. The number of amides is 1. The van der Waals surface area contributed by atoms with E-state index < -0.39 is 30.0 Å². The molecule has 1 saturated heterocycles. The Morgan fingerprint density at radius 1 is 1.20 bits per heavy atom. The zero-order valence-corrected chi connectivity index (χ0v) is 17.4. The molecule has 3 rings (SSSR count). The monoisotopic (exact) mass is 424 g/mol. The average Bonchev–Trinajstić information content (AvgIpc) is 3.09. The molecule has 1 fully saturated rings. The van der Waals surface area contributed by atoms with Gasteiger partial charge in [-0.3, -0.25) is 4.68 Å². The second kappa shape index (κ2) is 8.20. The molecule has 0 aliphatic carbocycles. The Morgan fingerprint density at radius 3 is 2.53 bits per heavy atom. The number of nitrogens with zero attached hydrogens (tertiary/aromatic N) is 3. The summed E-state index contributed by atoms with van der Waals surface area (Å²) >= 11 is 0. The van der Waals surface area contributed by atoms with Gasteiger partial charge in [-0.1, -0.05) is 30.3 Å². The largest absolute Gasteiger partial charge is 0.444 e. The molecule has 164 valence electrons. The van der Waals surface area contributed by atoms with E-state index in [4.69, 9.17) is 4.74 Å². The predicted octanol–water partition coefficient (Wildman–Crippen LogP) is 4.36. The number of piperidine rings is 1. The molecule has 1 unspecified atom stereocenters. The lowest BCUT2D eigenvalue weighted by Crippen LogP contribution is -2.67. The molecule has 9 heteroatoms. The minimum Gasteiger partial charge on any atom is -0.444 e. The van der Waals surface area contributed by atoms with Crippen LogP contribution in [0.25, 0.3) is 0 Å². The summed E-state index contributed by atoms with van der Waals surface area (Å²) in [5, 5.41) is 6.56. The minimum absolute atomic E-state index is 0.211. The van der Waals surface area contributed by atoms with Crippen LogP contribution in [0.15, 0.2) is 42.6 Å². The Morgan fingerprint density at radius 2 is 1.90 bits per heavy atom. The molecule has 1 aromatic heterocycles. The fourth-order valence-electron chi connectivity index (χ4n) is 3.53. The number of hydrogen-bond donors (Lipinski definition) is 1. The van der Waals surface area contributed by atoms with E-state index >= 15 is 0 Å². The summed E-state index contributed by atoms with van der Waals surface area (Å²) in [6.45, 7) is 5.36. The van der Waals surface area contributed by atoms with Crippen LogP contribution < -0.4 is 10.2 Å². The average molecular weight is 424 g/mol. The lowest BCUT2D eigenvalue weighted by Gasteiger charge is -2.44. The Bertz CT molecular complexity index is 861. The lowest BCUT2D eigenvalue weighted by molar-refractivity contribution is -0.197. The number of aromatic nitrogens is 2. The molecule has 0 bridgehead atoms. The van der Waals surface area contributed by atoms with Crippen LogP contribution in [0.2, 0.25) is 0 Å². The smallest absolute Gasteiger partial charge is 0.413 e. The predicted molar refractivity (Wildman–Crippen MR) is 107 cm³/mol. The van der Waals surface area contributed by atoms with Gasteiger partial charge in [0.2, 0.25) is 0 Å². The van der Waals surface area contributed by atoms with Crippen molar-refractivity contribution in [3.63, 3.8) is 0 Å². The quantitative estimate of drug-likeness (QED) is 0.793. The van der Waals surface area contributed by atoms with Gasteiger partial charge in [0.15, 0.2) is 11.4 Å². The van der Waals surface area contributed by atoms with Crippen molar-refractivity contribution in [2.75, 3.05) is 18.0 Å². The molecule has 1 aliphatic rings. The zero-order valence-electron chi connectivity index (χ0n) is 17.4. The molecule has 2 heterocycles. The third kappa shape index (κ3) is 5.25. The first-order valence-corrected chi connectivity index (χ1v) is 9.88. The van der Waals surface area contributed by atoms with Crippen molar-refractivity contribution < 1.29 is 22.7 Å². The van der Waals surface area contributed by atoms with Crippen molar-refractivity contribution in [2.45, 2.75) is 57.5 Å². The van der Waals surface area contributed by atoms with Crippen LogP contribution in [0, 0.1) is 0 Å². The van der Waals surface area contributed by atoms with Gasteiger partial charge in [0.05, 0.1) is 13.1 Å². The third-order valence-electron chi connectivity index (χ3n) is 4.91. The van der Waals surface area contributed by atoms with Gasteiger partial charge in [0, 0.05) is 18.8 Å². The summed E-state index contributed by atoms with van der Waals surface area (Å²) in [6, 6.07) is 11.4. The molecule has 30 heavy (non-hydrogen) atoms. The summed E-state index contributed by atoms with van der Waals surface area (Å²) in [7, 11) is 0. The maximum Gasteiger partial charge on any atom is 0.413 e. The van der Waals surface area contributed by atoms with E-state index in [2.05, 4.69) is 10.4 Å². The molecule has 6 nitrogen and oxygen atoms in total. The van der Waals surface area contributed by atoms with E-state index in [0.717, 1.165) is 5.56 Å². The highest BCUT2D eigenvalue weighted by Gasteiger charge is 2.58. The van der Waals surface area contributed by atoms with E-state index in [0.29, 0.717) is 18.9 Å². The molecule has 1 aromatic carbocycles. The molecule has 1 N–H and O–H groups in total. The van der Waals surface area contributed by atoms with Gasteiger partial charge in [-0.05, 0) is 39.2 Å². The van der Waals surface area contributed by atoms with Crippen LogP contribution in [0.3, 0.4) is 0 Å². The summed E-state index contributed by atoms with van der Waals surface area (Å²) in [4.78, 5) is 13.7. The van der Waals surface area contributed by atoms with E-state index in [1.165, 1.54) is 0 Å². The van der Waals surface area contributed by atoms with Gasteiger partial charge < -0.3 is 15.0 Å². The van der Waals surface area contributed by atoms with Crippen LogP contribution in [-0.4, -0.2) is 46.3 Å². The number of alkyl halides is 3. The molecular weight excluding hydrogens is 397 g/mol. The van der Waals surface area contributed by atoms with Crippen molar-refractivity contribution in [3.8, 4) is 0 Å². The Kier molecular flexibility index (Phi) is 6.01. The molecule has 0 spiro atoms. The number of anilines is 1. The summed E-state index contributed by atoms with van der Waals surface area (Å²) in [5.41, 5.74) is -2.24. The number of carbonyl (C=O) groups is 1. The molecule has 1 atom stereocenters. The van der Waals surface area contributed by atoms with Crippen LogP contribution in [0.5, 0.6) is 0 Å². The van der Waals surface area contributed by atoms with Crippen LogP contribution in [0.4, 0.5) is 23.8 Å². The number of alkyl carbamates (subject to hydrolysis) is 1. The van der Waals surface area contributed by atoms with Crippen molar-refractivity contribution in [1.29, 1.82) is 0 Å². The van der Waals surface area contributed by atoms with Crippen molar-refractivity contribution in [3.05, 3.63) is 48.2 Å². The first-order chi connectivity index (χ1) is 14.0. The maximum absolute atomic E-state index is 14.0. The molecule has 0 saturated carbocycles. The van der Waals surface area contributed by atoms with Gasteiger partial charge >= 0.3 is 12.3 Å². The topological polar surface area (TPSA) is 59.4 Å². The minimum atomic E-state index is -4.63. The standard InChI is InChI=1S/C21H27F3N4O2/c1-19(2,3)30-18(29)25-20(21(22,23)24)11-7-12-27(15-20)17-10-13-28(26-17)14-16-8-5-4-6-9-16/h4-6,8-10,13H,7,11-12,14-15H2,1-3H3,(H,25,29). The van der Waals surface area contributed by atoms with Crippen molar-refractivity contribution in [2.24, 2.45) is 0 Å². The van der Waals surface area contributed by atoms with Crippen molar-refractivity contribution in [1.82, 2.24) is 15.1 Å². The zero-order chi connectivity index (χ0) is 22.0. The fraction of sp³-hybridized carbons (Fsp3) is 0.524. The number of rotatable bonds is 4. The molecule has 0 radical (unpaired) electrons. The van der Waals surface area contributed by atoms with Crippen molar-refractivity contribution >= 4 is 11.9 Å². The number of nitrogens with one attached hydrogen (secondary N) is 1. The SMILES string of the molecule is CC(C)(C)OC(=O)NC1(C(F)(F)F)CCCN(c2ccn(Cc3ccccc3)n2)C1. The van der Waals surface area contributed by atoms with Gasteiger partial charge in [-0.25, -0.2) is 4.79 Å². The Balaban J connectivity index is 1.76. The molecule has 2 aromatic rings. The Hall–Kier alpha value is -2.71. The van der Waals surface area contributed by atoms with Crippen LogP contribution in [0.1, 0.15) is 39.2 Å². The van der Waals surface area contributed by atoms with E-state index in [1.54, 1.807) is 42.6 Å². The van der Waals surface area contributed by atoms with E-state index in [1.807, 2.05) is 30.3 Å². The molecule has 1 amide bonds. The summed E-state index contributed by atoms with van der Waals surface area (Å²) in [6.07, 6.45) is -3.91. The van der Waals surface area contributed by atoms with Crippen LogP contribution >= 0.6 is 0 Å². The first-order valence-electron chi connectivity index (χ1n) is 9.88. The lowest BCUT2D eigenvalue weighted by atomic mass is 9.88. The highest BCUT2D eigenvalue weighted by molar-refractivity contribution is 5.69. The van der Waals surface area contributed by atoms with E-state index in [-0.39, 0.29) is 12.8 Å². The highest BCUT2D eigenvalue weighted by atomic mass is 19.4. The number of benzene rings is 1. The number of hydrogen-bond acceptors (Lipinski definition) is 4.